The number of nitrogens with zero attached hydrogens (tertiary/aromatic N) is 1. The molecule has 1 saturated carbocycles. The molecule has 1 aromatic rings. The van der Waals surface area contributed by atoms with Gasteiger partial charge in [0.2, 0.25) is 0 Å². The van der Waals surface area contributed by atoms with Crippen LogP contribution in [0.4, 0.5) is 0 Å². The van der Waals surface area contributed by atoms with Gasteiger partial charge in [0, 0.05) is 23.8 Å². The predicted molar refractivity (Wildman–Crippen MR) is 69.3 cm³/mol. The van der Waals surface area contributed by atoms with Crippen LogP contribution in [0.1, 0.15) is 29.8 Å². The average Bonchev–Trinajstić information content (AvgIpc) is 2.85. The third-order valence-corrected chi connectivity index (χ3v) is 3.75. The van der Waals surface area contributed by atoms with E-state index >= 15 is 0 Å². The molecule has 5 nitrogen and oxygen atoms in total. The summed E-state index contributed by atoms with van der Waals surface area (Å²) in [5.74, 6) is -1.25. The Hall–Kier alpha value is -1.30. The van der Waals surface area contributed by atoms with E-state index < -0.39 is 5.97 Å². The number of carbonyl (C=O) groups is 2. The zero-order valence-corrected chi connectivity index (χ0v) is 11.6. The fourth-order valence-electron chi connectivity index (χ4n) is 2.35. The second-order valence-corrected chi connectivity index (χ2v) is 5.59. The Kier molecular flexibility index (Phi) is 3.75. The second kappa shape index (κ2) is 5.14. The molecule has 2 N–H and O–H groups in total. The molecule has 2 atom stereocenters. The van der Waals surface area contributed by atoms with Gasteiger partial charge in [0.05, 0.1) is 5.92 Å². The molecule has 0 unspecified atom stereocenters. The van der Waals surface area contributed by atoms with Crippen LogP contribution in [-0.4, -0.2) is 27.6 Å². The van der Waals surface area contributed by atoms with E-state index in [0.29, 0.717) is 18.5 Å². The average molecular weight is 315 g/mol. The Morgan fingerprint density at radius 2 is 2.22 bits per heavy atom. The lowest BCUT2D eigenvalue weighted by Gasteiger charge is -2.12. The number of aliphatic carboxylic acids is 1. The first-order chi connectivity index (χ1) is 8.47. The van der Waals surface area contributed by atoms with Gasteiger partial charge in [-0.3, -0.25) is 9.59 Å². The summed E-state index contributed by atoms with van der Waals surface area (Å²) in [5, 5.41) is 11.8. The van der Waals surface area contributed by atoms with Crippen molar-refractivity contribution in [3.63, 3.8) is 0 Å². The molecular formula is C12H15BrN2O3. The molecule has 0 spiro atoms. The molecule has 0 radical (unpaired) electrons. The molecule has 0 aliphatic heterocycles. The number of amides is 1. The highest BCUT2D eigenvalue weighted by molar-refractivity contribution is 9.10. The van der Waals surface area contributed by atoms with Gasteiger partial charge in [-0.05, 0) is 41.3 Å². The summed E-state index contributed by atoms with van der Waals surface area (Å²) in [6, 6.07) is 1.71. The lowest BCUT2D eigenvalue weighted by Crippen LogP contribution is -2.34. The van der Waals surface area contributed by atoms with Crippen LogP contribution in [0.2, 0.25) is 0 Å². The summed E-state index contributed by atoms with van der Waals surface area (Å²) < 4.78 is 2.59. The molecule has 1 aliphatic carbocycles. The first-order valence-corrected chi connectivity index (χ1v) is 6.62. The quantitative estimate of drug-likeness (QED) is 0.893. The van der Waals surface area contributed by atoms with Crippen LogP contribution >= 0.6 is 15.9 Å². The first-order valence-electron chi connectivity index (χ1n) is 5.83. The Balaban J connectivity index is 1.97. The summed E-state index contributed by atoms with van der Waals surface area (Å²) in [6.07, 6.45) is 3.70. The van der Waals surface area contributed by atoms with E-state index in [4.69, 9.17) is 5.11 Å². The minimum Gasteiger partial charge on any atom is -0.481 e. The molecule has 1 heterocycles. The van der Waals surface area contributed by atoms with E-state index in [1.807, 2.05) is 6.20 Å². The first kappa shape index (κ1) is 13.1. The summed E-state index contributed by atoms with van der Waals surface area (Å²) in [5.41, 5.74) is 0.570. The minimum absolute atomic E-state index is 0.0349. The van der Waals surface area contributed by atoms with Gasteiger partial charge in [-0.2, -0.15) is 0 Å². The van der Waals surface area contributed by atoms with Crippen LogP contribution in [0.25, 0.3) is 0 Å². The van der Waals surface area contributed by atoms with Crippen LogP contribution < -0.4 is 5.32 Å². The molecule has 18 heavy (non-hydrogen) atoms. The molecule has 1 amide bonds. The van der Waals surface area contributed by atoms with Crippen molar-refractivity contribution in [3.8, 4) is 0 Å². The number of rotatable bonds is 3. The van der Waals surface area contributed by atoms with Crippen molar-refractivity contribution in [1.29, 1.82) is 0 Å². The van der Waals surface area contributed by atoms with Crippen LogP contribution in [0.15, 0.2) is 16.7 Å². The summed E-state index contributed by atoms with van der Waals surface area (Å²) in [4.78, 5) is 22.8. The van der Waals surface area contributed by atoms with Gasteiger partial charge in [-0.15, -0.1) is 0 Å². The molecule has 98 valence electrons. The van der Waals surface area contributed by atoms with Gasteiger partial charge >= 0.3 is 5.97 Å². The number of halogens is 1. The smallest absolute Gasteiger partial charge is 0.306 e. The van der Waals surface area contributed by atoms with Crippen molar-refractivity contribution in [1.82, 2.24) is 9.88 Å². The van der Waals surface area contributed by atoms with E-state index in [1.165, 1.54) is 0 Å². The van der Waals surface area contributed by atoms with E-state index in [0.717, 1.165) is 10.9 Å². The molecular weight excluding hydrogens is 300 g/mol. The van der Waals surface area contributed by atoms with Gasteiger partial charge in [-0.1, -0.05) is 0 Å². The molecule has 0 saturated heterocycles. The minimum atomic E-state index is -0.770. The largest absolute Gasteiger partial charge is 0.481 e. The molecule has 1 aliphatic rings. The Morgan fingerprint density at radius 3 is 2.72 bits per heavy atom. The number of carboxylic acids is 1. The fourth-order valence-corrected chi connectivity index (χ4v) is 2.87. The van der Waals surface area contributed by atoms with E-state index in [9.17, 15) is 9.59 Å². The zero-order valence-electron chi connectivity index (χ0n) is 10.0. The Morgan fingerprint density at radius 1 is 1.50 bits per heavy atom. The van der Waals surface area contributed by atoms with Crippen molar-refractivity contribution in [3.05, 3.63) is 22.4 Å². The zero-order chi connectivity index (χ0) is 13.3. The van der Waals surface area contributed by atoms with Crippen molar-refractivity contribution in [2.24, 2.45) is 13.0 Å². The highest BCUT2D eigenvalue weighted by Crippen LogP contribution is 2.26. The number of nitrogens with one attached hydrogen (secondary N) is 1. The third kappa shape index (κ3) is 2.75. The molecule has 6 heteroatoms. The lowest BCUT2D eigenvalue weighted by molar-refractivity contribution is -0.141. The maximum absolute atomic E-state index is 12.0. The number of carbonyl (C=O) groups excluding carboxylic acids is 1. The summed E-state index contributed by atoms with van der Waals surface area (Å²) in [7, 11) is 1.80. The standard InChI is InChI=1S/C12H15BrN2O3/c1-15-6-8(13)5-10(15)11(16)14-9-3-2-7(4-9)12(17)18/h5-7,9H,2-4H2,1H3,(H,14,16)(H,17,18)/t7-,9+/m0/s1. The molecule has 0 aromatic carbocycles. The summed E-state index contributed by atoms with van der Waals surface area (Å²) >= 11 is 3.31. The van der Waals surface area contributed by atoms with Crippen molar-refractivity contribution in [2.75, 3.05) is 0 Å². The third-order valence-electron chi connectivity index (χ3n) is 3.32. The number of hydrogen-bond acceptors (Lipinski definition) is 2. The van der Waals surface area contributed by atoms with E-state index in [1.54, 1.807) is 17.7 Å². The van der Waals surface area contributed by atoms with Crippen molar-refractivity contribution in [2.45, 2.75) is 25.3 Å². The lowest BCUT2D eigenvalue weighted by atomic mass is 10.1. The van der Waals surface area contributed by atoms with Crippen LogP contribution in [-0.2, 0) is 11.8 Å². The highest BCUT2D eigenvalue weighted by atomic mass is 79.9. The maximum atomic E-state index is 12.0. The topological polar surface area (TPSA) is 71.3 Å². The SMILES string of the molecule is Cn1cc(Br)cc1C(=O)N[C@@H]1CC[C@H](C(=O)O)C1. The van der Waals surface area contributed by atoms with Crippen molar-refractivity contribution < 1.29 is 14.7 Å². The predicted octanol–water partition coefficient (Wildman–Crippen LogP) is 1.77. The van der Waals surface area contributed by atoms with Gasteiger partial charge < -0.3 is 15.0 Å². The number of aromatic nitrogens is 1. The second-order valence-electron chi connectivity index (χ2n) is 4.67. The number of carboxylic acid groups (broad SMARTS) is 1. The fraction of sp³-hybridized carbons (Fsp3) is 0.500. The Bertz CT molecular complexity index is 484. The highest BCUT2D eigenvalue weighted by Gasteiger charge is 2.30. The summed E-state index contributed by atoms with van der Waals surface area (Å²) in [6.45, 7) is 0. The molecule has 0 bridgehead atoms. The molecule has 1 fully saturated rings. The van der Waals surface area contributed by atoms with Gasteiger partial charge in [0.1, 0.15) is 5.69 Å². The van der Waals surface area contributed by atoms with Gasteiger partial charge in [0.25, 0.3) is 5.91 Å². The number of hydrogen-bond donors (Lipinski definition) is 2. The molecule has 2 rings (SSSR count). The van der Waals surface area contributed by atoms with Crippen molar-refractivity contribution >= 4 is 27.8 Å². The Labute approximate surface area is 113 Å². The normalized spacial score (nSPS) is 23.0. The van der Waals surface area contributed by atoms with Crippen LogP contribution in [0.5, 0.6) is 0 Å². The van der Waals surface area contributed by atoms with Crippen LogP contribution in [0, 0.1) is 5.92 Å². The van der Waals surface area contributed by atoms with Crippen LogP contribution in [0.3, 0.4) is 0 Å². The van der Waals surface area contributed by atoms with E-state index in [-0.39, 0.29) is 17.9 Å². The van der Waals surface area contributed by atoms with Gasteiger partial charge in [0.15, 0.2) is 0 Å². The monoisotopic (exact) mass is 314 g/mol. The number of aryl methyl sites for hydroxylation is 1. The maximum Gasteiger partial charge on any atom is 0.306 e. The molecule has 1 aromatic heterocycles. The van der Waals surface area contributed by atoms with Gasteiger partial charge in [-0.25, -0.2) is 0 Å². The van der Waals surface area contributed by atoms with E-state index in [2.05, 4.69) is 21.2 Å².